The van der Waals surface area contributed by atoms with Crippen LogP contribution in [0.1, 0.15) is 43.6 Å². The molecule has 0 bridgehead atoms. The van der Waals surface area contributed by atoms with Crippen LogP contribution in [0.2, 0.25) is 0 Å². The highest BCUT2D eigenvalue weighted by Gasteiger charge is 2.10. The third-order valence-electron chi connectivity index (χ3n) is 2.04. The molecule has 0 saturated carbocycles. The lowest BCUT2D eigenvalue weighted by molar-refractivity contribution is -0.142. The van der Waals surface area contributed by atoms with Gasteiger partial charge in [-0.3, -0.25) is 9.59 Å². The van der Waals surface area contributed by atoms with Crippen LogP contribution < -0.4 is 0 Å². The normalized spacial score (nSPS) is 8.94. The molecule has 1 aromatic carbocycles. The summed E-state index contributed by atoms with van der Waals surface area (Å²) in [7, 11) is 0. The Balaban J connectivity index is 0.00000121. The average Bonchev–Trinajstić information content (AvgIpc) is 2.32. The molecule has 3 nitrogen and oxygen atoms in total. The zero-order valence-corrected chi connectivity index (χ0v) is 10.9. The number of ketones is 1. The van der Waals surface area contributed by atoms with E-state index >= 15 is 0 Å². The second-order valence-electron chi connectivity index (χ2n) is 3.20. The first kappa shape index (κ1) is 15.4. The van der Waals surface area contributed by atoms with Crippen molar-refractivity contribution in [3.05, 3.63) is 35.4 Å². The van der Waals surface area contributed by atoms with Gasteiger partial charge in [0.1, 0.15) is 0 Å². The molecule has 94 valence electrons. The molecule has 0 unspecified atom stereocenters. The number of carbonyl (C=O) groups excluding carboxylic acids is 2. The molecule has 3 heteroatoms. The molecule has 0 heterocycles. The molecular weight excluding hydrogens is 216 g/mol. The molecule has 0 aliphatic carbocycles. The van der Waals surface area contributed by atoms with Gasteiger partial charge >= 0.3 is 5.97 Å². The van der Waals surface area contributed by atoms with E-state index in [9.17, 15) is 9.59 Å². The summed E-state index contributed by atoms with van der Waals surface area (Å²) < 4.78 is 4.83. The van der Waals surface area contributed by atoms with E-state index in [1.807, 2.05) is 13.8 Å². The summed E-state index contributed by atoms with van der Waals surface area (Å²) in [6, 6.07) is 7.08. The van der Waals surface area contributed by atoms with Gasteiger partial charge in [0, 0.05) is 5.56 Å². The van der Waals surface area contributed by atoms with Crippen molar-refractivity contribution in [1.82, 2.24) is 0 Å². The molecule has 0 saturated heterocycles. The molecule has 0 aromatic heterocycles. The summed E-state index contributed by atoms with van der Waals surface area (Å²) in [5, 5.41) is 0. The van der Waals surface area contributed by atoms with Crippen molar-refractivity contribution in [2.24, 2.45) is 0 Å². The fourth-order valence-electron chi connectivity index (χ4n) is 1.39. The van der Waals surface area contributed by atoms with Gasteiger partial charge in [0.05, 0.1) is 13.0 Å². The van der Waals surface area contributed by atoms with Crippen LogP contribution in [0, 0.1) is 0 Å². The zero-order chi connectivity index (χ0) is 13.3. The maximum absolute atomic E-state index is 11.3. The van der Waals surface area contributed by atoms with E-state index in [2.05, 4.69) is 0 Å². The monoisotopic (exact) mass is 236 g/mol. The molecule has 17 heavy (non-hydrogen) atoms. The lowest BCUT2D eigenvalue weighted by atomic mass is 10.0. The zero-order valence-electron chi connectivity index (χ0n) is 10.9. The minimum Gasteiger partial charge on any atom is -0.466 e. The molecular formula is C14H20O3. The number of hydrogen-bond donors (Lipinski definition) is 0. The summed E-state index contributed by atoms with van der Waals surface area (Å²) in [4.78, 5) is 22.5. The van der Waals surface area contributed by atoms with E-state index in [0.717, 1.165) is 5.56 Å². The maximum atomic E-state index is 11.3. The molecule has 0 aliphatic heterocycles. The van der Waals surface area contributed by atoms with Gasteiger partial charge in [0.15, 0.2) is 5.78 Å². The smallest absolute Gasteiger partial charge is 0.310 e. The van der Waals surface area contributed by atoms with Crippen molar-refractivity contribution >= 4 is 11.8 Å². The van der Waals surface area contributed by atoms with Gasteiger partial charge < -0.3 is 4.74 Å². The Morgan fingerprint density at radius 3 is 2.29 bits per heavy atom. The molecule has 1 rings (SSSR count). The molecule has 0 spiro atoms. The van der Waals surface area contributed by atoms with Gasteiger partial charge in [0.25, 0.3) is 0 Å². The topological polar surface area (TPSA) is 43.4 Å². The third-order valence-corrected chi connectivity index (χ3v) is 2.04. The number of carbonyl (C=O) groups is 2. The van der Waals surface area contributed by atoms with E-state index in [1.54, 1.807) is 31.2 Å². The third kappa shape index (κ3) is 5.29. The van der Waals surface area contributed by atoms with Crippen molar-refractivity contribution in [3.8, 4) is 0 Å². The summed E-state index contributed by atoms with van der Waals surface area (Å²) in [5.41, 5.74) is 1.31. The minimum absolute atomic E-state index is 0.0325. The largest absolute Gasteiger partial charge is 0.466 e. The molecule has 0 radical (unpaired) electrons. The van der Waals surface area contributed by atoms with Gasteiger partial charge in [-0.1, -0.05) is 38.1 Å². The lowest BCUT2D eigenvalue weighted by Crippen LogP contribution is -2.10. The van der Waals surface area contributed by atoms with Crippen molar-refractivity contribution in [2.45, 2.75) is 34.1 Å². The van der Waals surface area contributed by atoms with Gasteiger partial charge in [0.2, 0.25) is 0 Å². The number of benzene rings is 1. The number of rotatable bonds is 4. The predicted molar refractivity (Wildman–Crippen MR) is 68.1 cm³/mol. The van der Waals surface area contributed by atoms with Crippen LogP contribution in [-0.2, 0) is 16.0 Å². The fourth-order valence-corrected chi connectivity index (χ4v) is 1.39. The van der Waals surface area contributed by atoms with E-state index in [4.69, 9.17) is 4.74 Å². The van der Waals surface area contributed by atoms with Crippen LogP contribution in [0.5, 0.6) is 0 Å². The SMILES string of the molecule is CC.CCOC(=O)Cc1ccccc1C(C)=O. The minimum atomic E-state index is -0.300. The fraction of sp³-hybridized carbons (Fsp3) is 0.429. The lowest BCUT2D eigenvalue weighted by Gasteiger charge is -2.05. The van der Waals surface area contributed by atoms with Crippen molar-refractivity contribution < 1.29 is 14.3 Å². The van der Waals surface area contributed by atoms with Crippen LogP contribution in [0.3, 0.4) is 0 Å². The second-order valence-corrected chi connectivity index (χ2v) is 3.20. The van der Waals surface area contributed by atoms with Gasteiger partial charge in [-0.25, -0.2) is 0 Å². The van der Waals surface area contributed by atoms with Crippen LogP contribution in [0.4, 0.5) is 0 Å². The summed E-state index contributed by atoms with van der Waals surface area (Å²) in [5.74, 6) is -0.332. The van der Waals surface area contributed by atoms with Crippen molar-refractivity contribution in [2.75, 3.05) is 6.61 Å². The Morgan fingerprint density at radius 2 is 1.76 bits per heavy atom. The second kappa shape index (κ2) is 8.50. The first-order valence-corrected chi connectivity index (χ1v) is 5.89. The highest BCUT2D eigenvalue weighted by molar-refractivity contribution is 5.96. The summed E-state index contributed by atoms with van der Waals surface area (Å²) in [6.07, 6.45) is 0.156. The average molecular weight is 236 g/mol. The standard InChI is InChI=1S/C12H14O3.C2H6/c1-3-15-12(14)8-10-6-4-5-7-11(10)9(2)13;1-2/h4-7H,3,8H2,1-2H3;1-2H3. The number of hydrogen-bond acceptors (Lipinski definition) is 3. The van der Waals surface area contributed by atoms with Crippen LogP contribution in [0.25, 0.3) is 0 Å². The molecule has 0 atom stereocenters. The predicted octanol–water partition coefficient (Wildman–Crippen LogP) is 3.02. The van der Waals surface area contributed by atoms with Crippen LogP contribution in [-0.4, -0.2) is 18.4 Å². The number of Topliss-reactive ketones (excluding diaryl/α,β-unsaturated/α-hetero) is 1. The van der Waals surface area contributed by atoms with Crippen molar-refractivity contribution in [3.63, 3.8) is 0 Å². The molecule has 0 fully saturated rings. The van der Waals surface area contributed by atoms with Gasteiger partial charge in [-0.15, -0.1) is 0 Å². The van der Waals surface area contributed by atoms with E-state index < -0.39 is 0 Å². The van der Waals surface area contributed by atoms with Gasteiger partial charge in [-0.2, -0.15) is 0 Å². The Kier molecular flexibility index (Phi) is 7.68. The number of esters is 1. The molecule has 0 amide bonds. The van der Waals surface area contributed by atoms with Crippen LogP contribution >= 0.6 is 0 Å². The van der Waals surface area contributed by atoms with Crippen molar-refractivity contribution in [1.29, 1.82) is 0 Å². The maximum Gasteiger partial charge on any atom is 0.310 e. The van der Waals surface area contributed by atoms with E-state index in [0.29, 0.717) is 12.2 Å². The Bertz CT molecular complexity index is 369. The quantitative estimate of drug-likeness (QED) is 0.596. The van der Waals surface area contributed by atoms with E-state index in [1.165, 1.54) is 6.92 Å². The Labute approximate surface area is 103 Å². The Morgan fingerprint density at radius 1 is 1.18 bits per heavy atom. The van der Waals surface area contributed by atoms with Crippen LogP contribution in [0.15, 0.2) is 24.3 Å². The molecule has 1 aromatic rings. The first-order valence-electron chi connectivity index (χ1n) is 5.89. The molecule has 0 N–H and O–H groups in total. The summed E-state index contributed by atoms with van der Waals surface area (Å²) >= 11 is 0. The van der Waals surface area contributed by atoms with Gasteiger partial charge in [-0.05, 0) is 19.4 Å². The van der Waals surface area contributed by atoms with E-state index in [-0.39, 0.29) is 18.2 Å². The highest BCUT2D eigenvalue weighted by atomic mass is 16.5. The first-order chi connectivity index (χ1) is 8.15. The summed E-state index contributed by atoms with van der Waals surface area (Å²) in [6.45, 7) is 7.61. The Hall–Kier alpha value is -1.64. The number of ether oxygens (including phenoxy) is 1. The highest BCUT2D eigenvalue weighted by Crippen LogP contribution is 2.10. The molecule has 0 aliphatic rings.